The SMILES string of the molecule is CCNC(=NCC(O)CN1CCc2ccccc2C1)N1CC(C)CC(C)C1. The second kappa shape index (κ2) is 9.56. The number of piperidine rings is 1. The summed E-state index contributed by atoms with van der Waals surface area (Å²) in [6.45, 7) is 12.8. The normalized spacial score (nSPS) is 25.2. The van der Waals surface area contributed by atoms with Gasteiger partial charge in [-0.2, -0.15) is 0 Å². The predicted octanol–water partition coefficient (Wildman–Crippen LogP) is 2.35. The number of β-amino-alcohol motifs (C(OH)–C–C–N with tert-alkyl or cyclic N) is 1. The van der Waals surface area contributed by atoms with Gasteiger partial charge in [-0.3, -0.25) is 9.89 Å². The summed E-state index contributed by atoms with van der Waals surface area (Å²) >= 11 is 0. The van der Waals surface area contributed by atoms with Crippen molar-refractivity contribution < 1.29 is 5.11 Å². The molecule has 150 valence electrons. The number of likely N-dealkylation sites (tertiary alicyclic amines) is 1. The monoisotopic (exact) mass is 372 g/mol. The summed E-state index contributed by atoms with van der Waals surface area (Å²) in [5.41, 5.74) is 2.84. The number of benzene rings is 1. The van der Waals surface area contributed by atoms with Crippen LogP contribution >= 0.6 is 0 Å². The first-order chi connectivity index (χ1) is 13.0. The third kappa shape index (κ3) is 5.69. The summed E-state index contributed by atoms with van der Waals surface area (Å²) in [5.74, 6) is 2.34. The van der Waals surface area contributed by atoms with Crippen LogP contribution in [0.2, 0.25) is 0 Å². The third-order valence-corrected chi connectivity index (χ3v) is 5.63. The van der Waals surface area contributed by atoms with E-state index in [0.29, 0.717) is 24.9 Å². The highest BCUT2D eigenvalue weighted by atomic mass is 16.3. The van der Waals surface area contributed by atoms with Crippen molar-refractivity contribution in [2.24, 2.45) is 16.8 Å². The molecule has 2 N–H and O–H groups in total. The van der Waals surface area contributed by atoms with Crippen LogP contribution in [0.15, 0.2) is 29.3 Å². The quantitative estimate of drug-likeness (QED) is 0.615. The minimum atomic E-state index is -0.427. The van der Waals surface area contributed by atoms with E-state index in [1.165, 1.54) is 17.5 Å². The minimum absolute atomic E-state index is 0.427. The highest BCUT2D eigenvalue weighted by molar-refractivity contribution is 5.80. The molecule has 0 saturated carbocycles. The van der Waals surface area contributed by atoms with E-state index in [1.54, 1.807) is 0 Å². The van der Waals surface area contributed by atoms with Crippen LogP contribution in [0.5, 0.6) is 0 Å². The van der Waals surface area contributed by atoms with Crippen LogP contribution in [-0.4, -0.2) is 66.2 Å². The smallest absolute Gasteiger partial charge is 0.194 e. The van der Waals surface area contributed by atoms with E-state index in [0.717, 1.165) is 45.1 Å². The molecule has 1 aromatic carbocycles. The molecule has 3 atom stereocenters. The van der Waals surface area contributed by atoms with Crippen molar-refractivity contribution in [1.82, 2.24) is 15.1 Å². The van der Waals surface area contributed by atoms with Gasteiger partial charge in [0, 0.05) is 39.3 Å². The maximum Gasteiger partial charge on any atom is 0.194 e. The van der Waals surface area contributed by atoms with E-state index in [4.69, 9.17) is 4.99 Å². The van der Waals surface area contributed by atoms with E-state index < -0.39 is 6.10 Å². The van der Waals surface area contributed by atoms with Crippen LogP contribution in [0.25, 0.3) is 0 Å². The Hall–Kier alpha value is -1.59. The lowest BCUT2D eigenvalue weighted by Gasteiger charge is -2.37. The molecule has 2 aliphatic rings. The van der Waals surface area contributed by atoms with Gasteiger partial charge in [-0.15, -0.1) is 0 Å². The zero-order valence-electron chi connectivity index (χ0n) is 17.2. The number of guanidine groups is 1. The van der Waals surface area contributed by atoms with Crippen molar-refractivity contribution in [3.05, 3.63) is 35.4 Å². The number of aliphatic imine (C=N–C) groups is 1. The van der Waals surface area contributed by atoms with E-state index in [2.05, 4.69) is 60.2 Å². The number of aliphatic hydroxyl groups excluding tert-OH is 1. The molecule has 2 aliphatic heterocycles. The molecule has 27 heavy (non-hydrogen) atoms. The van der Waals surface area contributed by atoms with Crippen molar-refractivity contribution in [3.63, 3.8) is 0 Å². The first-order valence-corrected chi connectivity index (χ1v) is 10.6. The zero-order valence-corrected chi connectivity index (χ0v) is 17.2. The summed E-state index contributed by atoms with van der Waals surface area (Å²) in [6.07, 6.45) is 1.93. The average molecular weight is 373 g/mol. The molecule has 1 fully saturated rings. The Morgan fingerprint density at radius 2 is 1.93 bits per heavy atom. The molecule has 2 heterocycles. The molecule has 0 aliphatic carbocycles. The fraction of sp³-hybridized carbons (Fsp3) is 0.682. The summed E-state index contributed by atoms with van der Waals surface area (Å²) in [7, 11) is 0. The van der Waals surface area contributed by atoms with Crippen LogP contribution in [-0.2, 0) is 13.0 Å². The summed E-state index contributed by atoms with van der Waals surface area (Å²) < 4.78 is 0. The first-order valence-electron chi connectivity index (χ1n) is 10.6. The molecule has 0 radical (unpaired) electrons. The Balaban J connectivity index is 1.54. The third-order valence-electron chi connectivity index (χ3n) is 5.63. The van der Waals surface area contributed by atoms with Gasteiger partial charge in [0.25, 0.3) is 0 Å². The topological polar surface area (TPSA) is 51.1 Å². The number of nitrogens with one attached hydrogen (secondary N) is 1. The van der Waals surface area contributed by atoms with Crippen molar-refractivity contribution in [2.45, 2.75) is 46.3 Å². The van der Waals surface area contributed by atoms with Gasteiger partial charge in [0.1, 0.15) is 0 Å². The molecular formula is C22H36N4O. The Kier molecular flexibility index (Phi) is 7.13. The number of nitrogens with zero attached hydrogens (tertiary/aromatic N) is 3. The van der Waals surface area contributed by atoms with Gasteiger partial charge in [-0.05, 0) is 42.7 Å². The summed E-state index contributed by atoms with van der Waals surface area (Å²) in [5, 5.41) is 14.0. The molecule has 5 heteroatoms. The van der Waals surface area contributed by atoms with Crippen molar-refractivity contribution in [3.8, 4) is 0 Å². The largest absolute Gasteiger partial charge is 0.390 e. The molecular weight excluding hydrogens is 336 g/mol. The molecule has 1 aromatic rings. The number of hydrogen-bond acceptors (Lipinski definition) is 3. The van der Waals surface area contributed by atoms with Gasteiger partial charge < -0.3 is 15.3 Å². The lowest BCUT2D eigenvalue weighted by atomic mass is 9.92. The van der Waals surface area contributed by atoms with Crippen LogP contribution in [0.3, 0.4) is 0 Å². The van der Waals surface area contributed by atoms with Crippen LogP contribution < -0.4 is 5.32 Å². The fourth-order valence-corrected chi connectivity index (χ4v) is 4.52. The number of hydrogen-bond donors (Lipinski definition) is 2. The van der Waals surface area contributed by atoms with Crippen molar-refractivity contribution >= 4 is 5.96 Å². The number of rotatable bonds is 5. The maximum absolute atomic E-state index is 10.6. The highest BCUT2D eigenvalue weighted by Gasteiger charge is 2.24. The lowest BCUT2D eigenvalue weighted by Crippen LogP contribution is -2.49. The highest BCUT2D eigenvalue weighted by Crippen LogP contribution is 2.21. The lowest BCUT2D eigenvalue weighted by molar-refractivity contribution is 0.111. The molecule has 1 saturated heterocycles. The maximum atomic E-state index is 10.6. The average Bonchev–Trinajstić information content (AvgIpc) is 2.64. The molecule has 0 amide bonds. The number of aliphatic hydroxyl groups is 1. The van der Waals surface area contributed by atoms with Gasteiger partial charge in [-0.25, -0.2) is 0 Å². The van der Waals surface area contributed by atoms with Gasteiger partial charge in [0.05, 0.1) is 12.6 Å². The second-order valence-corrected chi connectivity index (χ2v) is 8.45. The molecule has 5 nitrogen and oxygen atoms in total. The van der Waals surface area contributed by atoms with Gasteiger partial charge in [-0.1, -0.05) is 38.1 Å². The Labute approximate surface area is 164 Å². The minimum Gasteiger partial charge on any atom is -0.390 e. The molecule has 3 rings (SSSR count). The Morgan fingerprint density at radius 3 is 2.63 bits per heavy atom. The van der Waals surface area contributed by atoms with E-state index in [9.17, 15) is 5.11 Å². The first kappa shape index (κ1) is 20.2. The second-order valence-electron chi connectivity index (χ2n) is 8.45. The van der Waals surface area contributed by atoms with Crippen molar-refractivity contribution in [2.75, 3.05) is 39.3 Å². The van der Waals surface area contributed by atoms with Gasteiger partial charge in [0.2, 0.25) is 0 Å². The molecule has 0 bridgehead atoms. The standard InChI is InChI=1S/C22H36N4O/c1-4-23-22(26-13-17(2)11-18(3)14-26)24-12-21(27)16-25-10-9-19-7-5-6-8-20(19)15-25/h5-8,17-18,21,27H,4,9-16H2,1-3H3,(H,23,24). The zero-order chi connectivity index (χ0) is 19.2. The predicted molar refractivity (Wildman–Crippen MR) is 112 cm³/mol. The van der Waals surface area contributed by atoms with E-state index in [1.807, 2.05) is 0 Å². The van der Waals surface area contributed by atoms with Crippen LogP contribution in [0.1, 0.15) is 38.3 Å². The van der Waals surface area contributed by atoms with Crippen LogP contribution in [0, 0.1) is 11.8 Å². The molecule has 3 unspecified atom stereocenters. The fourth-order valence-electron chi connectivity index (χ4n) is 4.52. The van der Waals surface area contributed by atoms with Crippen LogP contribution in [0.4, 0.5) is 0 Å². The Morgan fingerprint density at radius 1 is 1.22 bits per heavy atom. The van der Waals surface area contributed by atoms with Gasteiger partial charge in [0.15, 0.2) is 5.96 Å². The number of fused-ring (bicyclic) bond motifs is 1. The summed E-state index contributed by atoms with van der Waals surface area (Å²) in [6, 6.07) is 8.64. The molecule has 0 spiro atoms. The van der Waals surface area contributed by atoms with Gasteiger partial charge >= 0.3 is 0 Å². The van der Waals surface area contributed by atoms with E-state index >= 15 is 0 Å². The van der Waals surface area contributed by atoms with Crippen molar-refractivity contribution in [1.29, 1.82) is 0 Å². The van der Waals surface area contributed by atoms with E-state index in [-0.39, 0.29) is 0 Å². The molecule has 0 aromatic heterocycles. The summed E-state index contributed by atoms with van der Waals surface area (Å²) in [4.78, 5) is 9.49. The Bertz CT molecular complexity index is 622.